The van der Waals surface area contributed by atoms with E-state index in [0.29, 0.717) is 16.7 Å². The van der Waals surface area contributed by atoms with E-state index in [1.165, 1.54) is 30.6 Å². The van der Waals surface area contributed by atoms with Crippen LogP contribution in [0.5, 0.6) is 0 Å². The lowest BCUT2D eigenvalue weighted by Crippen LogP contribution is -2.13. The fourth-order valence-electron chi connectivity index (χ4n) is 2.79. The molecule has 0 radical (unpaired) electrons. The molecule has 0 aliphatic heterocycles. The molecule has 0 aliphatic carbocycles. The second-order valence-electron chi connectivity index (χ2n) is 6.59. The van der Waals surface area contributed by atoms with Gasteiger partial charge in [-0.15, -0.1) is 10.2 Å². The van der Waals surface area contributed by atoms with Crippen LogP contribution in [0.1, 0.15) is 55.1 Å². The average Bonchev–Trinajstić information content (AvgIpc) is 3.34. The third-order valence-electron chi connectivity index (χ3n) is 4.38. The van der Waals surface area contributed by atoms with E-state index in [2.05, 4.69) is 27.3 Å². The van der Waals surface area contributed by atoms with Crippen molar-refractivity contribution < 1.29 is 9.63 Å². The summed E-state index contributed by atoms with van der Waals surface area (Å²) >= 11 is 1.39. The summed E-state index contributed by atoms with van der Waals surface area (Å²) in [7, 11) is 0. The number of hydrogen-bond donors (Lipinski definition) is 2. The van der Waals surface area contributed by atoms with Crippen molar-refractivity contribution in [3.63, 3.8) is 0 Å². The molecule has 2 heterocycles. The van der Waals surface area contributed by atoms with E-state index in [9.17, 15) is 0 Å². The van der Waals surface area contributed by atoms with Gasteiger partial charge in [-0.1, -0.05) is 54.8 Å². The second kappa shape index (κ2) is 9.16. The molecule has 1 unspecified atom stereocenters. The molecule has 144 valence electrons. The molecule has 0 saturated carbocycles. The number of aliphatic hydroxyl groups excluding tert-OH is 1. The summed E-state index contributed by atoms with van der Waals surface area (Å²) in [5.74, 6) is 1.30. The zero-order chi connectivity index (χ0) is 19.2. The first-order chi connectivity index (χ1) is 13.1. The number of nitrogens with zero attached hydrogens (tertiary/aromatic N) is 4. The summed E-state index contributed by atoms with van der Waals surface area (Å²) in [5.41, 5.74) is 8.75. The number of aryl methyl sites for hydroxylation is 2. The van der Waals surface area contributed by atoms with Crippen LogP contribution < -0.4 is 5.73 Å². The number of unbranched alkanes of at least 4 members (excludes halogenated alkanes) is 3. The summed E-state index contributed by atoms with van der Waals surface area (Å²) in [4.78, 5) is 4.51. The highest BCUT2D eigenvalue weighted by molar-refractivity contribution is 7.14. The third kappa shape index (κ3) is 4.77. The van der Waals surface area contributed by atoms with Crippen molar-refractivity contribution in [2.24, 2.45) is 5.73 Å². The third-order valence-corrected chi connectivity index (χ3v) is 5.47. The van der Waals surface area contributed by atoms with Gasteiger partial charge in [0.05, 0.1) is 12.6 Å². The molecule has 8 heteroatoms. The quantitative estimate of drug-likeness (QED) is 0.539. The first kappa shape index (κ1) is 19.6. The van der Waals surface area contributed by atoms with Gasteiger partial charge in [-0.3, -0.25) is 0 Å². The highest BCUT2D eigenvalue weighted by atomic mass is 32.1. The van der Waals surface area contributed by atoms with Crippen LogP contribution in [-0.4, -0.2) is 32.1 Å². The first-order valence-corrected chi connectivity index (χ1v) is 10.1. The Morgan fingerprint density at radius 1 is 1.22 bits per heavy atom. The minimum atomic E-state index is -0.495. The lowest BCUT2D eigenvalue weighted by molar-refractivity contribution is 0.267. The molecule has 0 aliphatic rings. The summed E-state index contributed by atoms with van der Waals surface area (Å²) in [6.45, 7) is 4.06. The van der Waals surface area contributed by atoms with Gasteiger partial charge in [0.2, 0.25) is 11.7 Å². The Kier molecular flexibility index (Phi) is 6.65. The zero-order valence-corrected chi connectivity index (χ0v) is 16.5. The predicted molar refractivity (Wildman–Crippen MR) is 105 cm³/mol. The van der Waals surface area contributed by atoms with E-state index in [1.54, 1.807) is 0 Å². The van der Waals surface area contributed by atoms with E-state index >= 15 is 0 Å². The van der Waals surface area contributed by atoms with Crippen molar-refractivity contribution >= 4 is 11.3 Å². The molecule has 0 spiro atoms. The van der Waals surface area contributed by atoms with Gasteiger partial charge in [0.1, 0.15) is 10.0 Å². The maximum Gasteiger partial charge on any atom is 0.226 e. The van der Waals surface area contributed by atoms with Crippen molar-refractivity contribution in [1.29, 1.82) is 0 Å². The molecule has 0 amide bonds. The smallest absolute Gasteiger partial charge is 0.226 e. The Labute approximate surface area is 162 Å². The number of rotatable bonds is 9. The van der Waals surface area contributed by atoms with Crippen LogP contribution in [0, 0.1) is 6.92 Å². The molecule has 2 aromatic heterocycles. The molecule has 1 atom stereocenters. The molecule has 3 N–H and O–H groups in total. The molecular formula is C19H25N5O2S. The van der Waals surface area contributed by atoms with Crippen LogP contribution in [0.2, 0.25) is 0 Å². The van der Waals surface area contributed by atoms with E-state index < -0.39 is 6.04 Å². The summed E-state index contributed by atoms with van der Waals surface area (Å²) < 4.78 is 5.38. The Morgan fingerprint density at radius 2 is 2.07 bits per heavy atom. The highest BCUT2D eigenvalue weighted by Crippen LogP contribution is 2.31. The number of aromatic nitrogens is 4. The normalized spacial score (nSPS) is 12.4. The van der Waals surface area contributed by atoms with Gasteiger partial charge >= 0.3 is 0 Å². The Morgan fingerprint density at radius 3 is 2.81 bits per heavy atom. The second-order valence-corrected chi connectivity index (χ2v) is 7.60. The van der Waals surface area contributed by atoms with Gasteiger partial charge in [-0.05, 0) is 25.0 Å². The number of aliphatic hydroxyl groups is 1. The molecule has 1 aromatic carbocycles. The van der Waals surface area contributed by atoms with Gasteiger partial charge in [0, 0.05) is 17.5 Å². The van der Waals surface area contributed by atoms with Gasteiger partial charge in [-0.2, -0.15) is 4.98 Å². The van der Waals surface area contributed by atoms with E-state index in [4.69, 9.17) is 15.4 Å². The monoisotopic (exact) mass is 387 g/mol. The molecule has 27 heavy (non-hydrogen) atoms. The molecule has 0 fully saturated rings. The predicted octanol–water partition coefficient (Wildman–Crippen LogP) is 3.68. The largest absolute Gasteiger partial charge is 0.394 e. The zero-order valence-electron chi connectivity index (χ0n) is 15.7. The van der Waals surface area contributed by atoms with Crippen molar-refractivity contribution in [1.82, 2.24) is 20.3 Å². The molecular weight excluding hydrogens is 362 g/mol. The Hall–Kier alpha value is -2.16. The average molecular weight is 388 g/mol. The Balaban J connectivity index is 1.73. The maximum absolute atomic E-state index is 9.16. The molecule has 3 rings (SSSR count). The van der Waals surface area contributed by atoms with E-state index in [1.807, 2.05) is 25.1 Å². The van der Waals surface area contributed by atoms with E-state index in [-0.39, 0.29) is 6.61 Å². The van der Waals surface area contributed by atoms with Crippen molar-refractivity contribution in [3.8, 4) is 22.0 Å². The van der Waals surface area contributed by atoms with Crippen LogP contribution in [0.3, 0.4) is 0 Å². The SMILES string of the molecule is CCCCCCc1nc(-c2ccc(-c3nnc(C(N)CO)s3)c(C)c2)no1. The lowest BCUT2D eigenvalue weighted by atomic mass is 10.1. The fourth-order valence-corrected chi connectivity index (χ4v) is 3.72. The minimum absolute atomic E-state index is 0.148. The van der Waals surface area contributed by atoms with Gasteiger partial charge in [-0.25, -0.2) is 0 Å². The number of nitrogens with two attached hydrogens (primary N) is 1. The van der Waals surface area contributed by atoms with Crippen molar-refractivity contribution in [3.05, 3.63) is 34.7 Å². The van der Waals surface area contributed by atoms with Gasteiger partial charge < -0.3 is 15.4 Å². The van der Waals surface area contributed by atoms with Crippen molar-refractivity contribution in [2.75, 3.05) is 6.61 Å². The summed E-state index contributed by atoms with van der Waals surface area (Å²) in [5, 5.41) is 23.0. The maximum atomic E-state index is 9.16. The van der Waals surface area contributed by atoms with Crippen LogP contribution in [0.25, 0.3) is 22.0 Å². The summed E-state index contributed by atoms with van der Waals surface area (Å²) in [6.07, 6.45) is 5.53. The van der Waals surface area contributed by atoms with Crippen molar-refractivity contribution in [2.45, 2.75) is 52.0 Å². The van der Waals surface area contributed by atoms with Crippen LogP contribution in [0.4, 0.5) is 0 Å². The fraction of sp³-hybridized carbons (Fsp3) is 0.474. The topological polar surface area (TPSA) is 111 Å². The highest BCUT2D eigenvalue weighted by Gasteiger charge is 2.15. The van der Waals surface area contributed by atoms with Crippen LogP contribution in [0.15, 0.2) is 22.7 Å². The lowest BCUT2D eigenvalue weighted by Gasteiger charge is -2.04. The summed E-state index contributed by atoms with van der Waals surface area (Å²) in [6, 6.07) is 5.47. The Bertz CT molecular complexity index is 877. The van der Waals surface area contributed by atoms with Crippen LogP contribution >= 0.6 is 11.3 Å². The molecule has 0 bridgehead atoms. The van der Waals surface area contributed by atoms with Gasteiger partial charge in [0.25, 0.3) is 0 Å². The van der Waals surface area contributed by atoms with Gasteiger partial charge in [0.15, 0.2) is 0 Å². The number of hydrogen-bond acceptors (Lipinski definition) is 8. The molecule has 7 nitrogen and oxygen atoms in total. The molecule has 0 saturated heterocycles. The minimum Gasteiger partial charge on any atom is -0.394 e. The molecule has 3 aromatic rings. The van der Waals surface area contributed by atoms with E-state index in [0.717, 1.165) is 34.5 Å². The van der Waals surface area contributed by atoms with Crippen LogP contribution in [-0.2, 0) is 6.42 Å². The first-order valence-electron chi connectivity index (χ1n) is 9.26. The standard InChI is InChI=1S/C19H25N5O2S/c1-3-4-5-6-7-16-21-17(24-26-16)13-8-9-14(12(2)10-13)18-22-23-19(27-18)15(20)11-25/h8-10,15,25H,3-7,11,20H2,1-2H3. The number of benzene rings is 1.